The van der Waals surface area contributed by atoms with E-state index >= 15 is 0 Å². The molecule has 21 heavy (non-hydrogen) atoms. The number of para-hydroxylation sites is 1. The lowest BCUT2D eigenvalue weighted by molar-refractivity contribution is -0.384. The maximum Gasteiger partial charge on any atom is 0.292 e. The summed E-state index contributed by atoms with van der Waals surface area (Å²) in [6, 6.07) is 5.36. The number of nitro groups is 1. The molecule has 1 N–H and O–H groups in total. The molecule has 1 aliphatic heterocycles. The van der Waals surface area contributed by atoms with Crippen LogP contribution in [0.15, 0.2) is 18.2 Å². The second-order valence-electron chi connectivity index (χ2n) is 6.14. The Balaban J connectivity index is 2.21. The number of nitrogens with zero attached hydrogens (tertiary/aromatic N) is 2. The van der Waals surface area contributed by atoms with Crippen molar-refractivity contribution < 1.29 is 4.92 Å². The molecule has 1 aliphatic rings. The average Bonchev–Trinajstić information content (AvgIpc) is 2.75. The highest BCUT2D eigenvalue weighted by atomic mass is 16.6. The second-order valence-corrected chi connectivity index (χ2v) is 6.14. The van der Waals surface area contributed by atoms with Crippen LogP contribution in [0.3, 0.4) is 0 Å². The van der Waals surface area contributed by atoms with Crippen molar-refractivity contribution >= 4 is 11.4 Å². The lowest BCUT2D eigenvalue weighted by atomic mass is 10.0. The molecule has 2 rings (SSSR count). The molecule has 2 atom stereocenters. The molecule has 0 radical (unpaired) electrons. The van der Waals surface area contributed by atoms with Gasteiger partial charge in [-0.05, 0) is 23.8 Å². The maximum absolute atomic E-state index is 11.2. The molecular formula is C16H25N3O2. The maximum atomic E-state index is 11.2. The third-order valence-electron chi connectivity index (χ3n) is 4.33. The predicted molar refractivity (Wildman–Crippen MR) is 85.5 cm³/mol. The van der Waals surface area contributed by atoms with Crippen LogP contribution in [-0.2, 0) is 6.54 Å². The lowest BCUT2D eigenvalue weighted by Gasteiger charge is -2.18. The highest BCUT2D eigenvalue weighted by molar-refractivity contribution is 5.66. The van der Waals surface area contributed by atoms with Crippen molar-refractivity contribution in [1.82, 2.24) is 4.90 Å². The van der Waals surface area contributed by atoms with Crippen LogP contribution < -0.4 is 5.32 Å². The van der Waals surface area contributed by atoms with E-state index in [1.807, 2.05) is 6.07 Å². The Kier molecular flexibility index (Phi) is 5.17. The predicted octanol–water partition coefficient (Wildman–Crippen LogP) is 3.50. The first-order valence-corrected chi connectivity index (χ1v) is 7.75. The second kappa shape index (κ2) is 6.89. The molecule has 1 heterocycles. The van der Waals surface area contributed by atoms with Gasteiger partial charge in [-0.2, -0.15) is 0 Å². The number of hydrogen-bond acceptors (Lipinski definition) is 4. The first kappa shape index (κ1) is 15.8. The Morgan fingerprint density at radius 1 is 1.33 bits per heavy atom. The van der Waals surface area contributed by atoms with E-state index in [1.165, 1.54) is 0 Å². The van der Waals surface area contributed by atoms with Gasteiger partial charge in [-0.25, -0.2) is 0 Å². The minimum atomic E-state index is -0.295. The van der Waals surface area contributed by atoms with Crippen molar-refractivity contribution in [2.75, 3.05) is 25.0 Å². The van der Waals surface area contributed by atoms with Crippen molar-refractivity contribution in [3.8, 4) is 0 Å². The summed E-state index contributed by atoms with van der Waals surface area (Å²) in [7, 11) is 0. The summed E-state index contributed by atoms with van der Waals surface area (Å²) in [5, 5.41) is 14.5. The first-order valence-electron chi connectivity index (χ1n) is 7.75. The number of anilines is 1. The van der Waals surface area contributed by atoms with Crippen molar-refractivity contribution in [1.29, 1.82) is 0 Å². The molecule has 1 aromatic carbocycles. The molecule has 0 aliphatic carbocycles. The first-order chi connectivity index (χ1) is 10.0. The normalized spacial score (nSPS) is 22.4. The van der Waals surface area contributed by atoms with Crippen molar-refractivity contribution in [2.24, 2.45) is 11.8 Å². The fourth-order valence-corrected chi connectivity index (χ4v) is 2.94. The van der Waals surface area contributed by atoms with Gasteiger partial charge in [0.15, 0.2) is 0 Å². The zero-order chi connectivity index (χ0) is 15.4. The van der Waals surface area contributed by atoms with Crippen molar-refractivity contribution in [3.63, 3.8) is 0 Å². The number of benzene rings is 1. The zero-order valence-corrected chi connectivity index (χ0v) is 13.1. The fourth-order valence-electron chi connectivity index (χ4n) is 2.94. The molecule has 2 unspecified atom stereocenters. The van der Waals surface area contributed by atoms with E-state index < -0.39 is 0 Å². The van der Waals surface area contributed by atoms with Crippen LogP contribution in [0.2, 0.25) is 0 Å². The molecule has 5 heteroatoms. The third kappa shape index (κ3) is 3.73. The molecule has 0 aromatic heterocycles. The van der Waals surface area contributed by atoms with Gasteiger partial charge in [0.2, 0.25) is 0 Å². The molecule has 0 bridgehead atoms. The zero-order valence-electron chi connectivity index (χ0n) is 13.1. The van der Waals surface area contributed by atoms with Gasteiger partial charge in [-0.1, -0.05) is 32.9 Å². The number of nitro benzene ring substituents is 1. The number of rotatable bonds is 6. The quantitative estimate of drug-likeness (QED) is 0.643. The highest BCUT2D eigenvalue weighted by Crippen LogP contribution is 2.31. The molecule has 1 aromatic rings. The molecule has 0 saturated carbocycles. The molecule has 1 fully saturated rings. The van der Waals surface area contributed by atoms with E-state index in [4.69, 9.17) is 0 Å². The van der Waals surface area contributed by atoms with Crippen LogP contribution in [0.5, 0.6) is 0 Å². The Hall–Kier alpha value is -1.62. The Labute approximate surface area is 126 Å². The topological polar surface area (TPSA) is 58.4 Å². The van der Waals surface area contributed by atoms with Gasteiger partial charge in [-0.15, -0.1) is 0 Å². The summed E-state index contributed by atoms with van der Waals surface area (Å²) in [6.07, 6.45) is 0.948. The number of hydrogen-bond donors (Lipinski definition) is 1. The minimum absolute atomic E-state index is 0.182. The molecule has 0 amide bonds. The SMILES string of the molecule is CCCNc1c(CN2CC(C)C(C)C2)cccc1[N+](=O)[O-]. The van der Waals surface area contributed by atoms with Gasteiger partial charge in [-0.3, -0.25) is 15.0 Å². The van der Waals surface area contributed by atoms with E-state index in [2.05, 4.69) is 31.0 Å². The third-order valence-corrected chi connectivity index (χ3v) is 4.33. The summed E-state index contributed by atoms with van der Waals surface area (Å²) in [5.41, 5.74) is 1.90. The summed E-state index contributed by atoms with van der Waals surface area (Å²) in [4.78, 5) is 13.3. The van der Waals surface area contributed by atoms with Gasteiger partial charge in [0.05, 0.1) is 4.92 Å². The van der Waals surface area contributed by atoms with Gasteiger partial charge < -0.3 is 5.32 Å². The minimum Gasteiger partial charge on any atom is -0.379 e. The summed E-state index contributed by atoms with van der Waals surface area (Å²) >= 11 is 0. The summed E-state index contributed by atoms with van der Waals surface area (Å²) < 4.78 is 0. The van der Waals surface area contributed by atoms with Gasteiger partial charge >= 0.3 is 0 Å². The average molecular weight is 291 g/mol. The van der Waals surface area contributed by atoms with E-state index in [0.717, 1.165) is 38.2 Å². The number of nitrogens with one attached hydrogen (secondary N) is 1. The molecule has 1 saturated heterocycles. The van der Waals surface area contributed by atoms with Crippen molar-refractivity contribution in [3.05, 3.63) is 33.9 Å². The smallest absolute Gasteiger partial charge is 0.292 e. The van der Waals surface area contributed by atoms with Crippen LogP contribution in [-0.4, -0.2) is 29.5 Å². The van der Waals surface area contributed by atoms with E-state index in [1.54, 1.807) is 12.1 Å². The van der Waals surface area contributed by atoms with Crippen LogP contribution in [0.25, 0.3) is 0 Å². The number of likely N-dealkylation sites (tertiary alicyclic amines) is 1. The van der Waals surface area contributed by atoms with Crippen LogP contribution >= 0.6 is 0 Å². The Bertz CT molecular complexity index is 494. The van der Waals surface area contributed by atoms with Crippen LogP contribution in [0.4, 0.5) is 11.4 Å². The standard InChI is InChI=1S/C16H25N3O2/c1-4-8-17-16-14(6-5-7-15(16)19(20)21)11-18-9-12(2)13(3)10-18/h5-7,12-13,17H,4,8-11H2,1-3H3. The summed E-state index contributed by atoms with van der Waals surface area (Å²) in [6.45, 7) is 10.3. The fraction of sp³-hybridized carbons (Fsp3) is 0.625. The van der Waals surface area contributed by atoms with Gasteiger partial charge in [0.25, 0.3) is 5.69 Å². The monoisotopic (exact) mass is 291 g/mol. The van der Waals surface area contributed by atoms with Crippen LogP contribution in [0, 0.1) is 22.0 Å². The molecule has 116 valence electrons. The lowest BCUT2D eigenvalue weighted by Crippen LogP contribution is -2.21. The van der Waals surface area contributed by atoms with Crippen LogP contribution in [0.1, 0.15) is 32.8 Å². The Morgan fingerprint density at radius 2 is 2.00 bits per heavy atom. The van der Waals surface area contributed by atoms with Crippen molar-refractivity contribution in [2.45, 2.75) is 33.7 Å². The largest absolute Gasteiger partial charge is 0.379 e. The van der Waals surface area contributed by atoms with Gasteiger partial charge in [0, 0.05) is 32.2 Å². The van der Waals surface area contributed by atoms with E-state index in [0.29, 0.717) is 17.5 Å². The van der Waals surface area contributed by atoms with E-state index in [9.17, 15) is 10.1 Å². The molecular weight excluding hydrogens is 266 g/mol. The molecule has 0 spiro atoms. The highest BCUT2D eigenvalue weighted by Gasteiger charge is 2.27. The van der Waals surface area contributed by atoms with Gasteiger partial charge in [0.1, 0.15) is 5.69 Å². The van der Waals surface area contributed by atoms with E-state index in [-0.39, 0.29) is 10.6 Å². The Morgan fingerprint density at radius 3 is 2.57 bits per heavy atom. The molecule has 5 nitrogen and oxygen atoms in total. The summed E-state index contributed by atoms with van der Waals surface area (Å²) in [5.74, 6) is 1.38.